The maximum atomic E-state index is 12.1. The number of nitrogens with one attached hydrogen (secondary N) is 2. The minimum absolute atomic E-state index is 0.118. The summed E-state index contributed by atoms with van der Waals surface area (Å²) in [6, 6.07) is 15.0. The molecule has 0 aromatic heterocycles. The van der Waals surface area contributed by atoms with Gasteiger partial charge in [-0.05, 0) is 37.1 Å². The molecular weight excluding hydrogens is 316 g/mol. The minimum atomic E-state index is -0.118. The Morgan fingerprint density at radius 1 is 0.880 bits per heavy atom. The van der Waals surface area contributed by atoms with E-state index in [2.05, 4.69) is 24.5 Å². The fourth-order valence-electron chi connectivity index (χ4n) is 2.19. The van der Waals surface area contributed by atoms with Crippen LogP contribution in [0, 0.1) is 0 Å². The Hall–Kier alpha value is -2.69. The standard InChI is InChI=1S/C20H26N2O3/c1-3-11-24-18-9-5-7-16(13-18)21-15-20(23)22-17-8-6-10-19(14-17)25-12-4-2/h5-10,13-14,21H,3-4,11-12,15H2,1-2H3,(H,22,23). The molecule has 0 aliphatic carbocycles. The molecule has 0 radical (unpaired) electrons. The van der Waals surface area contributed by atoms with E-state index in [1.807, 2.05) is 48.5 Å². The summed E-state index contributed by atoms with van der Waals surface area (Å²) in [5.74, 6) is 1.44. The first kappa shape index (κ1) is 18.6. The molecule has 5 heteroatoms. The molecule has 25 heavy (non-hydrogen) atoms. The molecule has 0 saturated carbocycles. The molecule has 0 bridgehead atoms. The largest absolute Gasteiger partial charge is 0.494 e. The first-order valence-electron chi connectivity index (χ1n) is 8.70. The second kappa shape index (κ2) is 10.2. The van der Waals surface area contributed by atoms with Crippen molar-refractivity contribution in [2.75, 3.05) is 30.4 Å². The summed E-state index contributed by atoms with van der Waals surface area (Å²) in [6.07, 6.45) is 1.91. The van der Waals surface area contributed by atoms with E-state index in [1.54, 1.807) is 0 Å². The fraction of sp³-hybridized carbons (Fsp3) is 0.350. The van der Waals surface area contributed by atoms with Gasteiger partial charge in [0, 0.05) is 23.5 Å². The predicted octanol–water partition coefficient (Wildman–Crippen LogP) is 4.31. The van der Waals surface area contributed by atoms with Gasteiger partial charge < -0.3 is 20.1 Å². The van der Waals surface area contributed by atoms with Crippen LogP contribution in [-0.4, -0.2) is 25.7 Å². The van der Waals surface area contributed by atoms with Crippen molar-refractivity contribution in [3.63, 3.8) is 0 Å². The number of hydrogen-bond acceptors (Lipinski definition) is 4. The average Bonchev–Trinajstić information content (AvgIpc) is 2.64. The van der Waals surface area contributed by atoms with Crippen molar-refractivity contribution in [2.24, 2.45) is 0 Å². The molecule has 0 fully saturated rings. The molecule has 0 atom stereocenters. The molecule has 134 valence electrons. The number of benzene rings is 2. The van der Waals surface area contributed by atoms with Gasteiger partial charge in [0.15, 0.2) is 0 Å². The highest BCUT2D eigenvalue weighted by atomic mass is 16.5. The number of carbonyl (C=O) groups is 1. The smallest absolute Gasteiger partial charge is 0.243 e. The normalized spacial score (nSPS) is 10.2. The van der Waals surface area contributed by atoms with Crippen LogP contribution in [0.1, 0.15) is 26.7 Å². The summed E-state index contributed by atoms with van der Waals surface area (Å²) >= 11 is 0. The van der Waals surface area contributed by atoms with Gasteiger partial charge in [0.1, 0.15) is 11.5 Å². The van der Waals surface area contributed by atoms with Crippen molar-refractivity contribution in [3.8, 4) is 11.5 Å². The first-order valence-corrected chi connectivity index (χ1v) is 8.70. The zero-order chi connectivity index (χ0) is 17.9. The lowest BCUT2D eigenvalue weighted by atomic mass is 10.3. The van der Waals surface area contributed by atoms with Gasteiger partial charge in [0.25, 0.3) is 0 Å². The molecule has 2 N–H and O–H groups in total. The summed E-state index contributed by atoms with van der Waals surface area (Å²) in [7, 11) is 0. The third kappa shape index (κ3) is 6.75. The van der Waals surface area contributed by atoms with Crippen molar-refractivity contribution < 1.29 is 14.3 Å². The molecule has 5 nitrogen and oxygen atoms in total. The Kier molecular flexibility index (Phi) is 7.63. The molecule has 0 unspecified atom stereocenters. The predicted molar refractivity (Wildman–Crippen MR) is 102 cm³/mol. The van der Waals surface area contributed by atoms with Crippen molar-refractivity contribution in [1.29, 1.82) is 0 Å². The summed E-state index contributed by atoms with van der Waals surface area (Å²) < 4.78 is 11.2. The number of ether oxygens (including phenoxy) is 2. The lowest BCUT2D eigenvalue weighted by Crippen LogP contribution is -2.21. The van der Waals surface area contributed by atoms with Gasteiger partial charge in [0.2, 0.25) is 5.91 Å². The van der Waals surface area contributed by atoms with Crippen LogP contribution in [-0.2, 0) is 4.79 Å². The van der Waals surface area contributed by atoms with E-state index in [1.165, 1.54) is 0 Å². The van der Waals surface area contributed by atoms with Gasteiger partial charge in [-0.15, -0.1) is 0 Å². The van der Waals surface area contributed by atoms with E-state index < -0.39 is 0 Å². The second-order valence-corrected chi connectivity index (χ2v) is 5.65. The number of hydrogen-bond donors (Lipinski definition) is 2. The molecular formula is C20H26N2O3. The van der Waals surface area contributed by atoms with E-state index in [4.69, 9.17) is 9.47 Å². The Balaban J connectivity index is 1.84. The molecule has 0 aliphatic heterocycles. The summed E-state index contributed by atoms with van der Waals surface area (Å²) in [5.41, 5.74) is 1.57. The van der Waals surface area contributed by atoms with E-state index in [-0.39, 0.29) is 12.5 Å². The van der Waals surface area contributed by atoms with E-state index in [0.29, 0.717) is 13.2 Å². The van der Waals surface area contributed by atoms with Gasteiger partial charge in [-0.1, -0.05) is 26.0 Å². The molecule has 0 aliphatic rings. The number of carbonyl (C=O) groups excluding carboxylic acids is 1. The highest BCUT2D eigenvalue weighted by Crippen LogP contribution is 2.19. The van der Waals surface area contributed by atoms with Crippen LogP contribution in [0.4, 0.5) is 11.4 Å². The van der Waals surface area contributed by atoms with Gasteiger partial charge in [-0.25, -0.2) is 0 Å². The third-order valence-corrected chi connectivity index (χ3v) is 3.35. The molecule has 0 heterocycles. The summed E-state index contributed by atoms with van der Waals surface area (Å²) in [4.78, 5) is 12.1. The van der Waals surface area contributed by atoms with Crippen molar-refractivity contribution in [2.45, 2.75) is 26.7 Å². The third-order valence-electron chi connectivity index (χ3n) is 3.35. The summed E-state index contributed by atoms with van der Waals surface area (Å²) in [5, 5.41) is 5.97. The van der Waals surface area contributed by atoms with E-state index in [9.17, 15) is 4.79 Å². The van der Waals surface area contributed by atoms with Crippen LogP contribution in [0.5, 0.6) is 11.5 Å². The Labute approximate surface area is 149 Å². The maximum absolute atomic E-state index is 12.1. The molecule has 0 spiro atoms. The van der Waals surface area contributed by atoms with Crippen LogP contribution in [0.15, 0.2) is 48.5 Å². The average molecular weight is 342 g/mol. The van der Waals surface area contributed by atoms with Crippen molar-refractivity contribution in [3.05, 3.63) is 48.5 Å². The highest BCUT2D eigenvalue weighted by molar-refractivity contribution is 5.93. The van der Waals surface area contributed by atoms with E-state index in [0.717, 1.165) is 35.7 Å². The van der Waals surface area contributed by atoms with Gasteiger partial charge >= 0.3 is 0 Å². The monoisotopic (exact) mass is 342 g/mol. The fourth-order valence-corrected chi connectivity index (χ4v) is 2.19. The minimum Gasteiger partial charge on any atom is -0.494 e. The van der Waals surface area contributed by atoms with Crippen LogP contribution in [0.25, 0.3) is 0 Å². The topological polar surface area (TPSA) is 59.6 Å². The Morgan fingerprint density at radius 2 is 1.44 bits per heavy atom. The van der Waals surface area contributed by atoms with Gasteiger partial charge in [0.05, 0.1) is 19.8 Å². The van der Waals surface area contributed by atoms with Gasteiger partial charge in [-0.3, -0.25) is 4.79 Å². The molecule has 0 saturated heterocycles. The number of rotatable bonds is 10. The Morgan fingerprint density at radius 3 is 2.04 bits per heavy atom. The van der Waals surface area contributed by atoms with Crippen LogP contribution in [0.2, 0.25) is 0 Å². The molecule has 2 aromatic rings. The van der Waals surface area contributed by atoms with Gasteiger partial charge in [-0.2, -0.15) is 0 Å². The summed E-state index contributed by atoms with van der Waals surface area (Å²) in [6.45, 7) is 5.64. The quantitative estimate of drug-likeness (QED) is 0.675. The molecule has 2 rings (SSSR count). The van der Waals surface area contributed by atoms with Crippen LogP contribution in [0.3, 0.4) is 0 Å². The van der Waals surface area contributed by atoms with E-state index >= 15 is 0 Å². The maximum Gasteiger partial charge on any atom is 0.243 e. The Bertz CT molecular complexity index is 673. The zero-order valence-electron chi connectivity index (χ0n) is 14.9. The lowest BCUT2D eigenvalue weighted by molar-refractivity contribution is -0.114. The SMILES string of the molecule is CCCOc1cccc(NCC(=O)Nc2cccc(OCCC)c2)c1. The van der Waals surface area contributed by atoms with Crippen LogP contribution >= 0.6 is 0 Å². The number of amides is 1. The van der Waals surface area contributed by atoms with Crippen molar-refractivity contribution >= 4 is 17.3 Å². The molecule has 1 amide bonds. The first-order chi connectivity index (χ1) is 12.2. The lowest BCUT2D eigenvalue weighted by Gasteiger charge is -2.11. The van der Waals surface area contributed by atoms with Crippen molar-refractivity contribution in [1.82, 2.24) is 0 Å². The number of anilines is 2. The zero-order valence-corrected chi connectivity index (χ0v) is 14.9. The van der Waals surface area contributed by atoms with Crippen LogP contribution < -0.4 is 20.1 Å². The second-order valence-electron chi connectivity index (χ2n) is 5.65. The highest BCUT2D eigenvalue weighted by Gasteiger charge is 2.04. The molecule has 2 aromatic carbocycles.